The molecule has 18 heavy (non-hydrogen) atoms. The van der Waals surface area contributed by atoms with Crippen LogP contribution in [-0.4, -0.2) is 10.9 Å². The third-order valence-electron chi connectivity index (χ3n) is 2.23. The van der Waals surface area contributed by atoms with Gasteiger partial charge in [0, 0.05) is 9.77 Å². The van der Waals surface area contributed by atoms with Crippen molar-refractivity contribution in [2.45, 2.75) is 0 Å². The average Bonchev–Trinajstić information content (AvgIpc) is 2.33. The molecule has 0 aliphatic rings. The first kappa shape index (κ1) is 12.7. The molecule has 1 heterocycles. The minimum absolute atomic E-state index is 0.313. The molecule has 2 rings (SSSR count). The van der Waals surface area contributed by atoms with E-state index in [-0.39, 0.29) is 11.7 Å². The van der Waals surface area contributed by atoms with Gasteiger partial charge in [-0.05, 0) is 52.9 Å². The van der Waals surface area contributed by atoms with Crippen molar-refractivity contribution in [1.29, 1.82) is 0 Å². The van der Waals surface area contributed by atoms with Crippen LogP contribution in [0.1, 0.15) is 10.4 Å². The van der Waals surface area contributed by atoms with E-state index in [1.165, 1.54) is 24.4 Å². The van der Waals surface area contributed by atoms with E-state index >= 15 is 0 Å². The Kier molecular flexibility index (Phi) is 3.75. The van der Waals surface area contributed by atoms with E-state index in [2.05, 4.69) is 10.3 Å². The van der Waals surface area contributed by atoms with Crippen LogP contribution in [0.3, 0.4) is 0 Å². The van der Waals surface area contributed by atoms with Gasteiger partial charge in [-0.15, -0.1) is 0 Å². The molecule has 1 aromatic heterocycles. The Labute approximate surface area is 117 Å². The first-order valence-corrected chi connectivity index (χ1v) is 6.12. The number of amides is 1. The Morgan fingerprint density at radius 3 is 2.72 bits per heavy atom. The number of pyridine rings is 1. The minimum Gasteiger partial charge on any atom is -0.384 e. The molecule has 0 atom stereocenters. The van der Waals surface area contributed by atoms with Gasteiger partial charge in [-0.25, -0.2) is 9.37 Å². The maximum Gasteiger partial charge on any atom is 0.257 e. The van der Waals surface area contributed by atoms with Crippen LogP contribution in [-0.2, 0) is 0 Å². The normalized spacial score (nSPS) is 10.1. The largest absolute Gasteiger partial charge is 0.384 e. The van der Waals surface area contributed by atoms with Gasteiger partial charge in [0.15, 0.2) is 0 Å². The SMILES string of the molecule is Nc1ccc(C(=O)Nc2ccc(F)cc2I)cn1. The number of nitrogen functional groups attached to an aromatic ring is 1. The Balaban J connectivity index is 2.18. The molecule has 0 bridgehead atoms. The number of rotatable bonds is 2. The molecule has 6 heteroatoms. The van der Waals surface area contributed by atoms with Crippen LogP contribution in [0.5, 0.6) is 0 Å². The molecule has 0 aliphatic carbocycles. The van der Waals surface area contributed by atoms with Gasteiger partial charge in [-0.2, -0.15) is 0 Å². The number of carbonyl (C=O) groups excluding carboxylic acids is 1. The number of hydrogen-bond donors (Lipinski definition) is 2. The lowest BCUT2D eigenvalue weighted by Crippen LogP contribution is -2.13. The number of aromatic nitrogens is 1. The van der Waals surface area contributed by atoms with E-state index in [0.717, 1.165) is 0 Å². The zero-order chi connectivity index (χ0) is 13.1. The fraction of sp³-hybridized carbons (Fsp3) is 0. The maximum absolute atomic E-state index is 12.9. The summed E-state index contributed by atoms with van der Waals surface area (Å²) in [6, 6.07) is 7.27. The van der Waals surface area contributed by atoms with Gasteiger partial charge in [0.2, 0.25) is 0 Å². The first-order valence-electron chi connectivity index (χ1n) is 5.04. The van der Waals surface area contributed by atoms with Crippen molar-refractivity contribution in [1.82, 2.24) is 4.98 Å². The fourth-order valence-corrected chi connectivity index (χ4v) is 1.94. The average molecular weight is 357 g/mol. The number of halogens is 2. The van der Waals surface area contributed by atoms with Gasteiger partial charge >= 0.3 is 0 Å². The van der Waals surface area contributed by atoms with E-state index in [1.807, 2.05) is 22.6 Å². The summed E-state index contributed by atoms with van der Waals surface area (Å²) in [4.78, 5) is 15.7. The van der Waals surface area contributed by atoms with E-state index in [1.54, 1.807) is 12.1 Å². The summed E-state index contributed by atoms with van der Waals surface area (Å²) in [6.45, 7) is 0. The molecule has 0 aliphatic heterocycles. The number of carbonyl (C=O) groups is 1. The first-order chi connectivity index (χ1) is 8.56. The highest BCUT2D eigenvalue weighted by Crippen LogP contribution is 2.19. The maximum atomic E-state index is 12.9. The van der Waals surface area contributed by atoms with Crippen molar-refractivity contribution in [3.63, 3.8) is 0 Å². The Morgan fingerprint density at radius 1 is 1.33 bits per heavy atom. The summed E-state index contributed by atoms with van der Waals surface area (Å²) in [6.07, 6.45) is 1.39. The summed E-state index contributed by atoms with van der Waals surface area (Å²) >= 11 is 1.95. The van der Waals surface area contributed by atoms with Crippen LogP contribution in [0.15, 0.2) is 36.5 Å². The molecule has 0 fully saturated rings. The lowest BCUT2D eigenvalue weighted by Gasteiger charge is -2.07. The van der Waals surface area contributed by atoms with Crippen molar-refractivity contribution in [2.24, 2.45) is 0 Å². The fourth-order valence-electron chi connectivity index (χ4n) is 1.32. The van der Waals surface area contributed by atoms with Crippen LogP contribution < -0.4 is 11.1 Å². The van der Waals surface area contributed by atoms with Crippen LogP contribution >= 0.6 is 22.6 Å². The summed E-state index contributed by atoms with van der Waals surface area (Å²) in [5, 5.41) is 2.68. The zero-order valence-electron chi connectivity index (χ0n) is 9.15. The monoisotopic (exact) mass is 357 g/mol. The molecular weight excluding hydrogens is 348 g/mol. The zero-order valence-corrected chi connectivity index (χ0v) is 11.3. The van der Waals surface area contributed by atoms with Crippen LogP contribution in [0.25, 0.3) is 0 Å². The molecule has 0 spiro atoms. The lowest BCUT2D eigenvalue weighted by atomic mass is 10.2. The minimum atomic E-state index is -0.341. The van der Waals surface area contributed by atoms with Crippen molar-refractivity contribution in [2.75, 3.05) is 11.1 Å². The molecule has 2 aromatic rings. The molecule has 0 unspecified atom stereocenters. The van der Waals surface area contributed by atoms with Crippen molar-refractivity contribution in [3.8, 4) is 0 Å². The van der Waals surface area contributed by atoms with Crippen LogP contribution in [0, 0.1) is 9.39 Å². The Hall–Kier alpha value is -1.70. The van der Waals surface area contributed by atoms with Gasteiger partial charge in [0.1, 0.15) is 11.6 Å². The molecule has 1 amide bonds. The number of hydrogen-bond acceptors (Lipinski definition) is 3. The van der Waals surface area contributed by atoms with Gasteiger partial charge < -0.3 is 11.1 Å². The Morgan fingerprint density at radius 2 is 2.11 bits per heavy atom. The second kappa shape index (κ2) is 5.30. The molecule has 92 valence electrons. The molecular formula is C12H9FIN3O. The third-order valence-corrected chi connectivity index (χ3v) is 3.12. The number of nitrogens with one attached hydrogen (secondary N) is 1. The van der Waals surface area contributed by atoms with Gasteiger partial charge in [-0.3, -0.25) is 4.79 Å². The second-order valence-corrected chi connectivity index (χ2v) is 4.71. The smallest absolute Gasteiger partial charge is 0.257 e. The standard InChI is InChI=1S/C12H9FIN3O/c13-8-2-3-10(9(14)5-8)17-12(18)7-1-4-11(15)16-6-7/h1-6H,(H2,15,16)(H,17,18). The number of nitrogens with two attached hydrogens (primary N) is 1. The summed E-state index contributed by atoms with van der Waals surface area (Å²) in [7, 11) is 0. The topological polar surface area (TPSA) is 68.0 Å². The van der Waals surface area contributed by atoms with E-state index in [0.29, 0.717) is 20.6 Å². The number of benzene rings is 1. The highest BCUT2D eigenvalue weighted by Gasteiger charge is 2.09. The van der Waals surface area contributed by atoms with E-state index in [4.69, 9.17) is 5.73 Å². The molecule has 0 saturated heterocycles. The van der Waals surface area contributed by atoms with Gasteiger partial charge in [-0.1, -0.05) is 0 Å². The summed E-state index contributed by atoms with van der Waals surface area (Å²) < 4.78 is 13.5. The molecule has 0 saturated carbocycles. The second-order valence-electron chi connectivity index (χ2n) is 3.55. The van der Waals surface area contributed by atoms with Crippen LogP contribution in [0.2, 0.25) is 0 Å². The molecule has 3 N–H and O–H groups in total. The predicted octanol–water partition coefficient (Wildman–Crippen LogP) is 2.66. The highest BCUT2D eigenvalue weighted by atomic mass is 127. The van der Waals surface area contributed by atoms with Crippen molar-refractivity contribution >= 4 is 40.0 Å². The van der Waals surface area contributed by atoms with E-state index in [9.17, 15) is 9.18 Å². The molecule has 1 aromatic carbocycles. The van der Waals surface area contributed by atoms with Gasteiger partial charge in [0.05, 0.1) is 11.3 Å². The van der Waals surface area contributed by atoms with E-state index < -0.39 is 0 Å². The summed E-state index contributed by atoms with van der Waals surface area (Å²) in [5.41, 5.74) is 6.38. The number of nitrogens with zero attached hydrogens (tertiary/aromatic N) is 1. The molecule has 0 radical (unpaired) electrons. The Bertz CT molecular complexity index is 586. The predicted molar refractivity (Wildman–Crippen MR) is 75.7 cm³/mol. The molecule has 4 nitrogen and oxygen atoms in total. The van der Waals surface area contributed by atoms with Crippen molar-refractivity contribution < 1.29 is 9.18 Å². The van der Waals surface area contributed by atoms with Gasteiger partial charge in [0.25, 0.3) is 5.91 Å². The summed E-state index contributed by atoms with van der Waals surface area (Å²) in [5.74, 6) is -0.304. The lowest BCUT2D eigenvalue weighted by molar-refractivity contribution is 0.102. The quantitative estimate of drug-likeness (QED) is 0.813. The van der Waals surface area contributed by atoms with Crippen LogP contribution in [0.4, 0.5) is 15.9 Å². The third kappa shape index (κ3) is 2.95. The number of anilines is 2. The van der Waals surface area contributed by atoms with Crippen molar-refractivity contribution in [3.05, 3.63) is 51.5 Å². The highest BCUT2D eigenvalue weighted by molar-refractivity contribution is 14.1.